The van der Waals surface area contributed by atoms with Crippen LogP contribution in [0.3, 0.4) is 0 Å². The topological polar surface area (TPSA) is 133 Å². The Kier molecular flexibility index (Phi) is 7.17. The Morgan fingerprint density at radius 1 is 1.08 bits per heavy atom. The number of hydrogen-bond acceptors (Lipinski definition) is 9. The third-order valence-corrected chi connectivity index (χ3v) is 8.78. The number of aromatic nitrogens is 3. The summed E-state index contributed by atoms with van der Waals surface area (Å²) in [7, 11) is -3.38. The molecule has 1 saturated heterocycles. The van der Waals surface area contributed by atoms with Gasteiger partial charge in [-0.25, -0.2) is 18.4 Å². The first-order chi connectivity index (χ1) is 18.7. The molecule has 1 fully saturated rings. The highest BCUT2D eigenvalue weighted by Gasteiger charge is 2.20. The van der Waals surface area contributed by atoms with Crippen LogP contribution in [0.1, 0.15) is 33.6 Å². The Balaban J connectivity index is 1.35. The first-order valence-electron chi connectivity index (χ1n) is 13.1. The lowest BCUT2D eigenvalue weighted by Gasteiger charge is -2.23. The van der Waals surface area contributed by atoms with Crippen LogP contribution in [0.4, 0.5) is 5.82 Å². The van der Waals surface area contributed by atoms with Gasteiger partial charge < -0.3 is 20.3 Å². The molecule has 4 aromatic rings. The average Bonchev–Trinajstić information content (AvgIpc) is 3.42. The second-order valence-electron chi connectivity index (χ2n) is 9.56. The minimum atomic E-state index is -3.38. The number of nitrogens with zero attached hydrogens (tertiary/aromatic N) is 3. The summed E-state index contributed by atoms with van der Waals surface area (Å²) in [6, 6.07) is 14.6. The first-order valence-corrected chi connectivity index (χ1v) is 14.1. The highest BCUT2D eigenvalue weighted by molar-refractivity contribution is 7.92. The van der Waals surface area contributed by atoms with Crippen LogP contribution < -0.4 is 11.1 Å². The highest BCUT2D eigenvalue weighted by atomic mass is 32.2. The number of anilines is 1. The van der Waals surface area contributed by atoms with Gasteiger partial charge in [-0.1, -0.05) is 41.5 Å². The molecule has 10 heteroatoms. The number of hydrogen-bond donors (Lipinski definition) is 2. The second kappa shape index (κ2) is 11.0. The normalized spacial score (nSPS) is 15.1. The van der Waals surface area contributed by atoms with E-state index in [-0.39, 0.29) is 10.7 Å². The molecule has 38 heavy (non-hydrogen) atoms. The maximum Gasteiger partial charge on any atom is 0.189 e. The van der Waals surface area contributed by atoms with E-state index < -0.39 is 15.1 Å². The van der Waals surface area contributed by atoms with Crippen molar-refractivity contribution >= 4 is 15.7 Å². The van der Waals surface area contributed by atoms with Gasteiger partial charge in [-0.3, -0.25) is 0 Å². The van der Waals surface area contributed by atoms with Gasteiger partial charge in [0.05, 0.1) is 23.4 Å². The fourth-order valence-corrected chi connectivity index (χ4v) is 5.27. The Labute approximate surface area is 223 Å². The van der Waals surface area contributed by atoms with E-state index in [1.54, 1.807) is 44.2 Å². The minimum absolute atomic E-state index is 0.168. The third kappa shape index (κ3) is 5.62. The van der Waals surface area contributed by atoms with Crippen molar-refractivity contribution in [3.05, 3.63) is 66.3 Å². The molecule has 2 aromatic heterocycles. The summed E-state index contributed by atoms with van der Waals surface area (Å²) < 4.78 is 44.4. The molecule has 3 heterocycles. The van der Waals surface area contributed by atoms with Gasteiger partial charge in [-0.2, -0.15) is 0 Å². The number of sulfone groups is 1. The van der Waals surface area contributed by atoms with E-state index in [0.29, 0.717) is 52.6 Å². The molecule has 198 valence electrons. The SMILES string of the molecule is [2H]c1cc(CNC2CCOCC2)ccc1-c1cc(-c2nc(-c3ccc(S(=O)(=O)C(C)C)cc3)cnc2N)on1. The molecule has 0 atom stereocenters. The zero-order valence-electron chi connectivity index (χ0n) is 22.3. The monoisotopic (exact) mass is 534 g/mol. The molecule has 0 unspecified atom stereocenters. The largest absolute Gasteiger partial charge is 0.382 e. The van der Waals surface area contributed by atoms with Crippen molar-refractivity contribution in [3.8, 4) is 34.0 Å². The Bertz CT molecular complexity index is 1570. The van der Waals surface area contributed by atoms with E-state index in [1.807, 2.05) is 18.2 Å². The first kappa shape index (κ1) is 24.7. The summed E-state index contributed by atoms with van der Waals surface area (Å²) in [6.07, 6.45) is 3.51. The van der Waals surface area contributed by atoms with Crippen LogP contribution in [0.25, 0.3) is 34.0 Å². The van der Waals surface area contributed by atoms with Gasteiger partial charge in [-0.15, -0.1) is 0 Å². The third-order valence-electron chi connectivity index (χ3n) is 6.61. The van der Waals surface area contributed by atoms with Gasteiger partial charge in [0.1, 0.15) is 5.69 Å². The summed E-state index contributed by atoms with van der Waals surface area (Å²) >= 11 is 0. The second-order valence-corrected chi connectivity index (χ2v) is 12.1. The standard InChI is InChI=1S/C28H31N5O4S/c1-18(2)38(34,35)23-9-7-21(8-10-23)25-17-31-28(29)27(32-25)26-15-24(33-37-26)20-5-3-19(4-6-20)16-30-22-11-13-36-14-12-22/h3-10,15,17-18,22,30H,11-14,16H2,1-2H3,(H2,29,31)/i5D. The average molecular weight is 535 g/mol. The molecule has 5 rings (SSSR count). The van der Waals surface area contributed by atoms with E-state index in [4.69, 9.17) is 16.4 Å². The lowest BCUT2D eigenvalue weighted by Crippen LogP contribution is -2.34. The maximum atomic E-state index is 12.4. The number of ether oxygens (including phenoxy) is 1. The fraction of sp³-hybridized carbons (Fsp3) is 0.321. The smallest absolute Gasteiger partial charge is 0.189 e. The van der Waals surface area contributed by atoms with E-state index in [1.165, 1.54) is 6.20 Å². The van der Waals surface area contributed by atoms with E-state index in [2.05, 4.69) is 20.4 Å². The molecule has 0 bridgehead atoms. The number of benzene rings is 2. The van der Waals surface area contributed by atoms with Crippen molar-refractivity contribution in [1.82, 2.24) is 20.4 Å². The summed E-state index contributed by atoms with van der Waals surface area (Å²) in [6.45, 7) is 5.54. The molecule has 0 saturated carbocycles. The van der Waals surface area contributed by atoms with Crippen LogP contribution in [0.15, 0.2) is 70.2 Å². The molecule has 2 aromatic carbocycles. The van der Waals surface area contributed by atoms with Gasteiger partial charge >= 0.3 is 0 Å². The summed E-state index contributed by atoms with van der Waals surface area (Å²) in [5.41, 5.74) is 9.77. The predicted molar refractivity (Wildman–Crippen MR) is 146 cm³/mol. The zero-order chi connectivity index (χ0) is 27.6. The molecule has 1 aliphatic rings. The van der Waals surface area contributed by atoms with Gasteiger partial charge in [-0.05, 0) is 44.4 Å². The molecule has 1 aliphatic heterocycles. The van der Waals surface area contributed by atoms with Gasteiger partial charge in [0, 0.05) is 43.0 Å². The molecule has 9 nitrogen and oxygen atoms in total. The van der Waals surface area contributed by atoms with Crippen molar-refractivity contribution in [2.24, 2.45) is 0 Å². The predicted octanol–water partition coefficient (Wildman–Crippen LogP) is 4.50. The molecule has 0 aliphatic carbocycles. The lowest BCUT2D eigenvalue weighted by atomic mass is 10.1. The van der Waals surface area contributed by atoms with E-state index >= 15 is 0 Å². The molecule has 0 spiro atoms. The molecule has 0 radical (unpaired) electrons. The molecule has 0 amide bonds. The maximum absolute atomic E-state index is 12.4. The van der Waals surface area contributed by atoms with Crippen LogP contribution in [-0.2, 0) is 21.1 Å². The highest BCUT2D eigenvalue weighted by Crippen LogP contribution is 2.30. The number of nitrogens with two attached hydrogens (primary N) is 1. The Morgan fingerprint density at radius 2 is 1.82 bits per heavy atom. The number of rotatable bonds is 8. The van der Waals surface area contributed by atoms with Crippen molar-refractivity contribution in [1.29, 1.82) is 0 Å². The Morgan fingerprint density at radius 3 is 2.53 bits per heavy atom. The molecule has 3 N–H and O–H groups in total. The van der Waals surface area contributed by atoms with Gasteiger partial charge in [0.15, 0.2) is 27.1 Å². The van der Waals surface area contributed by atoms with E-state index in [9.17, 15) is 8.42 Å². The van der Waals surface area contributed by atoms with Gasteiger partial charge in [0.2, 0.25) is 0 Å². The summed E-state index contributed by atoms with van der Waals surface area (Å²) in [4.78, 5) is 9.13. The van der Waals surface area contributed by atoms with Crippen molar-refractivity contribution in [2.75, 3.05) is 18.9 Å². The number of nitrogen functional groups attached to an aromatic ring is 1. The van der Waals surface area contributed by atoms with Crippen LogP contribution in [0.2, 0.25) is 0 Å². The van der Waals surface area contributed by atoms with Crippen LogP contribution in [0, 0.1) is 0 Å². The molecular weight excluding hydrogens is 502 g/mol. The minimum Gasteiger partial charge on any atom is -0.382 e. The van der Waals surface area contributed by atoms with Crippen LogP contribution in [-0.4, -0.2) is 48.0 Å². The summed E-state index contributed by atoms with van der Waals surface area (Å²) in [5, 5.41) is 7.18. The van der Waals surface area contributed by atoms with Crippen molar-refractivity contribution in [3.63, 3.8) is 0 Å². The van der Waals surface area contributed by atoms with Gasteiger partial charge in [0.25, 0.3) is 0 Å². The number of nitrogens with one attached hydrogen (secondary N) is 1. The summed E-state index contributed by atoms with van der Waals surface area (Å²) in [5.74, 6) is 0.488. The quantitative estimate of drug-likeness (QED) is 0.335. The van der Waals surface area contributed by atoms with Crippen molar-refractivity contribution < 1.29 is 19.0 Å². The zero-order valence-corrected chi connectivity index (χ0v) is 22.2. The van der Waals surface area contributed by atoms with Crippen LogP contribution in [0.5, 0.6) is 0 Å². The Hall–Kier alpha value is -3.60. The van der Waals surface area contributed by atoms with Crippen molar-refractivity contribution in [2.45, 2.75) is 49.4 Å². The lowest BCUT2D eigenvalue weighted by molar-refractivity contribution is 0.0776. The fourth-order valence-electron chi connectivity index (χ4n) is 4.21. The molecular formula is C28H31N5O4S. The van der Waals surface area contributed by atoms with E-state index in [0.717, 1.165) is 31.6 Å². The van der Waals surface area contributed by atoms with Crippen LogP contribution >= 0.6 is 0 Å².